The van der Waals surface area contributed by atoms with Gasteiger partial charge in [-0.2, -0.15) is 0 Å². The minimum absolute atomic E-state index is 0.0991. The van der Waals surface area contributed by atoms with Gasteiger partial charge in [-0.3, -0.25) is 4.79 Å². The highest BCUT2D eigenvalue weighted by Gasteiger charge is 2.10. The van der Waals surface area contributed by atoms with Gasteiger partial charge in [0.1, 0.15) is 5.82 Å². The van der Waals surface area contributed by atoms with Gasteiger partial charge in [-0.25, -0.2) is 4.98 Å². The molecule has 18 heavy (non-hydrogen) atoms. The molecule has 0 bridgehead atoms. The van der Waals surface area contributed by atoms with Crippen LogP contribution in [0.15, 0.2) is 30.6 Å². The lowest BCUT2D eigenvalue weighted by molar-refractivity contribution is -0.137. The second-order valence-electron chi connectivity index (χ2n) is 4.35. The van der Waals surface area contributed by atoms with E-state index < -0.39 is 5.97 Å². The monoisotopic (exact) mass is 244 g/mol. The largest absolute Gasteiger partial charge is 0.481 e. The molecule has 0 saturated carbocycles. The first kappa shape index (κ1) is 12.4. The standard InChI is InChI=1S/C14H16N2O2/c1-10-4-3-5-11(2)14(10)16-9-8-15-12(16)6-7-13(17)18/h3-5,8-9H,6-7H2,1-2H3,(H,17,18). The SMILES string of the molecule is Cc1cccc(C)c1-n1ccnc1CCC(=O)O. The van der Waals surface area contributed by atoms with Crippen molar-refractivity contribution < 1.29 is 9.90 Å². The lowest BCUT2D eigenvalue weighted by atomic mass is 10.1. The summed E-state index contributed by atoms with van der Waals surface area (Å²) in [5.41, 5.74) is 3.41. The summed E-state index contributed by atoms with van der Waals surface area (Å²) in [4.78, 5) is 14.9. The van der Waals surface area contributed by atoms with Crippen LogP contribution in [-0.2, 0) is 11.2 Å². The number of imidazole rings is 1. The average Bonchev–Trinajstić information content (AvgIpc) is 2.74. The highest BCUT2D eigenvalue weighted by atomic mass is 16.4. The number of aliphatic carboxylic acids is 1. The van der Waals surface area contributed by atoms with Crippen LogP contribution in [0, 0.1) is 13.8 Å². The van der Waals surface area contributed by atoms with Crippen molar-refractivity contribution in [1.82, 2.24) is 9.55 Å². The number of benzene rings is 1. The Morgan fingerprint density at radius 3 is 2.61 bits per heavy atom. The molecular weight excluding hydrogens is 228 g/mol. The zero-order chi connectivity index (χ0) is 13.1. The lowest BCUT2D eigenvalue weighted by Crippen LogP contribution is -2.07. The molecule has 2 rings (SSSR count). The van der Waals surface area contributed by atoms with Crippen molar-refractivity contribution in [3.05, 3.63) is 47.5 Å². The van der Waals surface area contributed by atoms with Crippen molar-refractivity contribution in [3.8, 4) is 5.69 Å². The first-order chi connectivity index (χ1) is 8.59. The molecule has 94 valence electrons. The molecule has 0 fully saturated rings. The molecule has 1 heterocycles. The van der Waals surface area contributed by atoms with Crippen molar-refractivity contribution in [2.75, 3.05) is 0 Å². The Morgan fingerprint density at radius 2 is 2.00 bits per heavy atom. The number of carbonyl (C=O) groups is 1. The van der Waals surface area contributed by atoms with Crippen LogP contribution in [0.5, 0.6) is 0 Å². The molecule has 4 nitrogen and oxygen atoms in total. The molecule has 0 spiro atoms. The number of rotatable bonds is 4. The fraction of sp³-hybridized carbons (Fsp3) is 0.286. The van der Waals surface area contributed by atoms with E-state index in [-0.39, 0.29) is 6.42 Å². The maximum absolute atomic E-state index is 10.6. The molecule has 0 aliphatic carbocycles. The smallest absolute Gasteiger partial charge is 0.303 e. The Bertz CT molecular complexity index is 553. The van der Waals surface area contributed by atoms with E-state index in [1.807, 2.05) is 42.8 Å². The molecule has 0 radical (unpaired) electrons. The Hall–Kier alpha value is -2.10. The van der Waals surface area contributed by atoms with E-state index in [0.717, 1.165) is 22.6 Å². The normalized spacial score (nSPS) is 10.6. The van der Waals surface area contributed by atoms with Crippen molar-refractivity contribution in [1.29, 1.82) is 0 Å². The number of hydrogen-bond acceptors (Lipinski definition) is 2. The summed E-state index contributed by atoms with van der Waals surface area (Å²) in [6.45, 7) is 4.09. The number of aryl methyl sites for hydroxylation is 3. The summed E-state index contributed by atoms with van der Waals surface area (Å²) >= 11 is 0. The maximum Gasteiger partial charge on any atom is 0.303 e. The highest BCUT2D eigenvalue weighted by molar-refractivity contribution is 5.67. The van der Waals surface area contributed by atoms with Crippen LogP contribution in [-0.4, -0.2) is 20.6 Å². The fourth-order valence-corrected chi connectivity index (χ4v) is 2.13. The Labute approximate surface area is 106 Å². The lowest BCUT2D eigenvalue weighted by Gasteiger charge is -2.13. The van der Waals surface area contributed by atoms with E-state index in [1.54, 1.807) is 6.20 Å². The van der Waals surface area contributed by atoms with Gasteiger partial charge in [0.2, 0.25) is 0 Å². The zero-order valence-electron chi connectivity index (χ0n) is 10.6. The Morgan fingerprint density at radius 1 is 1.33 bits per heavy atom. The first-order valence-corrected chi connectivity index (χ1v) is 5.90. The number of hydrogen-bond donors (Lipinski definition) is 1. The molecule has 0 aliphatic heterocycles. The van der Waals surface area contributed by atoms with Gasteiger partial charge in [0.25, 0.3) is 0 Å². The second-order valence-corrected chi connectivity index (χ2v) is 4.35. The topological polar surface area (TPSA) is 55.1 Å². The van der Waals surface area contributed by atoms with Crippen molar-refractivity contribution in [2.45, 2.75) is 26.7 Å². The molecule has 2 aromatic rings. The molecule has 1 aromatic heterocycles. The number of aromatic nitrogens is 2. The van der Waals surface area contributed by atoms with Gasteiger partial charge in [-0.05, 0) is 25.0 Å². The number of carboxylic acids is 1. The predicted molar refractivity (Wildman–Crippen MR) is 69.0 cm³/mol. The first-order valence-electron chi connectivity index (χ1n) is 5.90. The van der Waals surface area contributed by atoms with E-state index in [9.17, 15) is 4.79 Å². The molecular formula is C14H16N2O2. The van der Waals surface area contributed by atoms with Gasteiger partial charge in [-0.15, -0.1) is 0 Å². The van der Waals surface area contributed by atoms with Crippen LogP contribution in [0.3, 0.4) is 0 Å². The summed E-state index contributed by atoms with van der Waals surface area (Å²) in [5, 5.41) is 8.75. The van der Waals surface area contributed by atoms with E-state index in [0.29, 0.717) is 6.42 Å². The molecule has 0 unspecified atom stereocenters. The fourth-order valence-electron chi connectivity index (χ4n) is 2.13. The molecule has 0 aliphatic rings. The Kier molecular flexibility index (Phi) is 3.46. The minimum Gasteiger partial charge on any atom is -0.481 e. The van der Waals surface area contributed by atoms with E-state index in [1.165, 1.54) is 0 Å². The van der Waals surface area contributed by atoms with E-state index in [2.05, 4.69) is 4.98 Å². The van der Waals surface area contributed by atoms with Gasteiger partial charge in [0.15, 0.2) is 0 Å². The molecule has 0 saturated heterocycles. The van der Waals surface area contributed by atoms with Gasteiger partial charge >= 0.3 is 5.97 Å². The molecule has 1 aromatic carbocycles. The summed E-state index contributed by atoms with van der Waals surface area (Å²) in [6.07, 6.45) is 4.13. The molecule has 0 atom stereocenters. The number of carboxylic acid groups (broad SMARTS) is 1. The number of nitrogens with zero attached hydrogens (tertiary/aromatic N) is 2. The number of para-hydroxylation sites is 1. The summed E-state index contributed by atoms with van der Waals surface area (Å²) in [6, 6.07) is 6.11. The summed E-state index contributed by atoms with van der Waals surface area (Å²) in [7, 11) is 0. The van der Waals surface area contributed by atoms with Crippen molar-refractivity contribution >= 4 is 5.97 Å². The average molecular weight is 244 g/mol. The van der Waals surface area contributed by atoms with Crippen LogP contribution < -0.4 is 0 Å². The third-order valence-corrected chi connectivity index (χ3v) is 2.96. The molecule has 1 N–H and O–H groups in total. The Balaban J connectivity index is 2.39. The van der Waals surface area contributed by atoms with Crippen molar-refractivity contribution in [2.24, 2.45) is 0 Å². The summed E-state index contributed by atoms with van der Waals surface area (Å²) < 4.78 is 1.98. The second kappa shape index (κ2) is 5.04. The third-order valence-electron chi connectivity index (χ3n) is 2.96. The molecule has 4 heteroatoms. The van der Waals surface area contributed by atoms with E-state index >= 15 is 0 Å². The summed E-state index contributed by atoms with van der Waals surface area (Å²) in [5.74, 6) is -0.0131. The maximum atomic E-state index is 10.6. The van der Waals surface area contributed by atoms with Crippen molar-refractivity contribution in [3.63, 3.8) is 0 Å². The van der Waals surface area contributed by atoms with Gasteiger partial charge in [0, 0.05) is 18.8 Å². The van der Waals surface area contributed by atoms with Crippen LogP contribution >= 0.6 is 0 Å². The van der Waals surface area contributed by atoms with Crippen LogP contribution in [0.4, 0.5) is 0 Å². The minimum atomic E-state index is -0.800. The van der Waals surface area contributed by atoms with Gasteiger partial charge in [-0.1, -0.05) is 18.2 Å². The molecule has 0 amide bonds. The van der Waals surface area contributed by atoms with Gasteiger partial charge < -0.3 is 9.67 Å². The van der Waals surface area contributed by atoms with Crippen LogP contribution in [0.25, 0.3) is 5.69 Å². The quantitative estimate of drug-likeness (QED) is 0.899. The zero-order valence-corrected chi connectivity index (χ0v) is 10.6. The van der Waals surface area contributed by atoms with Crippen LogP contribution in [0.2, 0.25) is 0 Å². The third kappa shape index (κ3) is 2.42. The van der Waals surface area contributed by atoms with Gasteiger partial charge in [0.05, 0.1) is 12.1 Å². The van der Waals surface area contributed by atoms with Crippen LogP contribution in [0.1, 0.15) is 23.4 Å². The highest BCUT2D eigenvalue weighted by Crippen LogP contribution is 2.20. The predicted octanol–water partition coefficient (Wildman–Crippen LogP) is 2.51. The van der Waals surface area contributed by atoms with E-state index in [4.69, 9.17) is 5.11 Å².